The van der Waals surface area contributed by atoms with Crippen LogP contribution in [0.5, 0.6) is 0 Å². The number of fused-ring (bicyclic) bond motifs is 1. The summed E-state index contributed by atoms with van der Waals surface area (Å²) in [6.07, 6.45) is 0.114. The van der Waals surface area contributed by atoms with Crippen LogP contribution in [0.3, 0.4) is 0 Å². The van der Waals surface area contributed by atoms with Gasteiger partial charge in [0.05, 0.1) is 12.1 Å². The van der Waals surface area contributed by atoms with Gasteiger partial charge in [0, 0.05) is 27.1 Å². The fourth-order valence-corrected chi connectivity index (χ4v) is 1.92. The largest absolute Gasteiger partial charge is 0.419 e. The van der Waals surface area contributed by atoms with E-state index in [9.17, 15) is 9.59 Å². The van der Waals surface area contributed by atoms with Gasteiger partial charge in [-0.15, -0.1) is 0 Å². The SMILES string of the molecule is CN(Cc1ccc2oc(=O)n(C)c2c1)C(=O)CCO. The summed E-state index contributed by atoms with van der Waals surface area (Å²) in [7, 11) is 3.31. The summed E-state index contributed by atoms with van der Waals surface area (Å²) in [6.45, 7) is 0.270. The second-order valence-corrected chi connectivity index (χ2v) is 4.45. The average Bonchev–Trinajstić information content (AvgIpc) is 2.66. The molecule has 0 unspecified atom stereocenters. The normalized spacial score (nSPS) is 10.9. The Labute approximate surface area is 109 Å². The fraction of sp³-hybridized carbons (Fsp3) is 0.385. The average molecular weight is 264 g/mol. The minimum Gasteiger partial charge on any atom is -0.408 e. The van der Waals surface area contributed by atoms with E-state index in [0.717, 1.165) is 5.56 Å². The van der Waals surface area contributed by atoms with Gasteiger partial charge in [0.2, 0.25) is 5.91 Å². The number of hydrogen-bond acceptors (Lipinski definition) is 4. The van der Waals surface area contributed by atoms with Crippen LogP contribution >= 0.6 is 0 Å². The molecule has 1 amide bonds. The Morgan fingerprint density at radius 2 is 2.21 bits per heavy atom. The molecule has 1 N–H and O–H groups in total. The first-order valence-electron chi connectivity index (χ1n) is 5.96. The summed E-state index contributed by atoms with van der Waals surface area (Å²) < 4.78 is 6.46. The van der Waals surface area contributed by atoms with E-state index in [-0.39, 0.29) is 18.9 Å². The quantitative estimate of drug-likeness (QED) is 0.871. The molecule has 0 aliphatic carbocycles. The van der Waals surface area contributed by atoms with Crippen LogP contribution in [-0.4, -0.2) is 34.1 Å². The molecule has 0 spiro atoms. The van der Waals surface area contributed by atoms with Crippen LogP contribution < -0.4 is 5.76 Å². The first kappa shape index (κ1) is 13.4. The highest BCUT2D eigenvalue weighted by atomic mass is 16.4. The minimum absolute atomic E-state index is 0.114. The van der Waals surface area contributed by atoms with Crippen molar-refractivity contribution in [2.45, 2.75) is 13.0 Å². The molecule has 0 aliphatic heterocycles. The van der Waals surface area contributed by atoms with Crippen LogP contribution in [-0.2, 0) is 18.4 Å². The lowest BCUT2D eigenvalue weighted by Gasteiger charge is -2.16. The Hall–Kier alpha value is -2.08. The van der Waals surface area contributed by atoms with Crippen LogP contribution in [0.4, 0.5) is 0 Å². The van der Waals surface area contributed by atoms with Gasteiger partial charge in [0.1, 0.15) is 0 Å². The van der Waals surface area contributed by atoms with E-state index < -0.39 is 5.76 Å². The number of benzene rings is 1. The van der Waals surface area contributed by atoms with Crippen molar-refractivity contribution in [3.63, 3.8) is 0 Å². The summed E-state index contributed by atoms with van der Waals surface area (Å²) in [5.74, 6) is -0.527. The Balaban J connectivity index is 2.24. The molecule has 1 aromatic heterocycles. The van der Waals surface area contributed by atoms with Crippen molar-refractivity contribution < 1.29 is 14.3 Å². The van der Waals surface area contributed by atoms with Gasteiger partial charge in [-0.3, -0.25) is 9.36 Å². The van der Waals surface area contributed by atoms with E-state index in [4.69, 9.17) is 9.52 Å². The van der Waals surface area contributed by atoms with E-state index in [2.05, 4.69) is 0 Å². The van der Waals surface area contributed by atoms with Crippen molar-refractivity contribution in [2.75, 3.05) is 13.7 Å². The molecule has 0 radical (unpaired) electrons. The van der Waals surface area contributed by atoms with Gasteiger partial charge in [0.15, 0.2) is 5.58 Å². The predicted molar refractivity (Wildman–Crippen MR) is 69.6 cm³/mol. The number of oxazole rings is 1. The molecule has 0 atom stereocenters. The number of amides is 1. The second-order valence-electron chi connectivity index (χ2n) is 4.45. The molecule has 0 saturated heterocycles. The Kier molecular flexibility index (Phi) is 3.71. The van der Waals surface area contributed by atoms with Gasteiger partial charge >= 0.3 is 5.76 Å². The zero-order valence-electron chi connectivity index (χ0n) is 10.9. The highest BCUT2D eigenvalue weighted by molar-refractivity contribution is 5.76. The van der Waals surface area contributed by atoms with Gasteiger partial charge in [-0.2, -0.15) is 0 Å². The third kappa shape index (κ3) is 2.68. The number of carbonyl (C=O) groups excluding carboxylic acids is 1. The molecule has 102 valence electrons. The lowest BCUT2D eigenvalue weighted by molar-refractivity contribution is -0.131. The van der Waals surface area contributed by atoms with Gasteiger partial charge in [-0.1, -0.05) is 6.07 Å². The lowest BCUT2D eigenvalue weighted by atomic mass is 10.2. The Morgan fingerprint density at radius 3 is 2.89 bits per heavy atom. The van der Waals surface area contributed by atoms with Crippen molar-refractivity contribution in [3.05, 3.63) is 34.3 Å². The maximum absolute atomic E-state index is 11.6. The number of rotatable bonds is 4. The summed E-state index contributed by atoms with van der Waals surface area (Å²) >= 11 is 0. The molecule has 1 heterocycles. The van der Waals surface area contributed by atoms with Crippen molar-refractivity contribution >= 4 is 17.0 Å². The molecule has 0 saturated carbocycles. The molecule has 6 nitrogen and oxygen atoms in total. The third-order valence-corrected chi connectivity index (χ3v) is 3.03. The van der Waals surface area contributed by atoms with Crippen LogP contribution in [0.25, 0.3) is 11.1 Å². The van der Waals surface area contributed by atoms with Crippen molar-refractivity contribution in [2.24, 2.45) is 7.05 Å². The lowest BCUT2D eigenvalue weighted by Crippen LogP contribution is -2.26. The number of carbonyl (C=O) groups is 1. The molecule has 6 heteroatoms. The summed E-state index contributed by atoms with van der Waals surface area (Å²) in [4.78, 5) is 24.5. The zero-order chi connectivity index (χ0) is 14.0. The highest BCUT2D eigenvalue weighted by Crippen LogP contribution is 2.15. The van der Waals surface area contributed by atoms with Gasteiger partial charge in [0.25, 0.3) is 0 Å². The van der Waals surface area contributed by atoms with E-state index in [0.29, 0.717) is 17.6 Å². The Morgan fingerprint density at radius 1 is 1.47 bits per heavy atom. The van der Waals surface area contributed by atoms with Crippen molar-refractivity contribution in [1.82, 2.24) is 9.47 Å². The van der Waals surface area contributed by atoms with E-state index in [1.165, 1.54) is 9.47 Å². The number of hydrogen-bond donors (Lipinski definition) is 1. The summed E-state index contributed by atoms with van der Waals surface area (Å²) in [5, 5.41) is 8.73. The van der Waals surface area contributed by atoms with Crippen LogP contribution in [0, 0.1) is 0 Å². The molecule has 1 aromatic carbocycles. The first-order chi connectivity index (χ1) is 9.02. The monoisotopic (exact) mass is 264 g/mol. The van der Waals surface area contributed by atoms with E-state index in [1.54, 1.807) is 20.2 Å². The Bertz CT molecular complexity index is 656. The molecular weight excluding hydrogens is 248 g/mol. The fourth-order valence-electron chi connectivity index (χ4n) is 1.92. The predicted octanol–water partition coefficient (Wildman–Crippen LogP) is 0.472. The molecular formula is C13H16N2O4. The van der Waals surface area contributed by atoms with Gasteiger partial charge in [-0.25, -0.2) is 4.79 Å². The van der Waals surface area contributed by atoms with Crippen molar-refractivity contribution in [1.29, 1.82) is 0 Å². The number of nitrogens with zero attached hydrogens (tertiary/aromatic N) is 2. The molecule has 0 bridgehead atoms. The standard InChI is InChI=1S/C13H16N2O4/c1-14(12(17)5-6-16)8-9-3-4-11-10(7-9)15(2)13(18)19-11/h3-4,7,16H,5-6,8H2,1-2H3. The van der Waals surface area contributed by atoms with Crippen LogP contribution in [0.1, 0.15) is 12.0 Å². The second kappa shape index (κ2) is 5.27. The van der Waals surface area contributed by atoms with E-state index >= 15 is 0 Å². The number of aryl methyl sites for hydroxylation is 1. The van der Waals surface area contributed by atoms with Gasteiger partial charge < -0.3 is 14.4 Å². The van der Waals surface area contributed by atoms with Crippen LogP contribution in [0.2, 0.25) is 0 Å². The summed E-state index contributed by atoms with van der Waals surface area (Å²) in [5.41, 5.74) is 2.13. The van der Waals surface area contributed by atoms with Crippen molar-refractivity contribution in [3.8, 4) is 0 Å². The van der Waals surface area contributed by atoms with Gasteiger partial charge in [-0.05, 0) is 17.7 Å². The molecule has 0 fully saturated rings. The maximum atomic E-state index is 11.6. The van der Waals surface area contributed by atoms with E-state index in [1.807, 2.05) is 12.1 Å². The minimum atomic E-state index is -0.406. The zero-order valence-corrected chi connectivity index (χ0v) is 10.9. The molecule has 0 aliphatic rings. The van der Waals surface area contributed by atoms with Crippen LogP contribution in [0.15, 0.2) is 27.4 Å². The highest BCUT2D eigenvalue weighted by Gasteiger charge is 2.11. The topological polar surface area (TPSA) is 75.7 Å². The number of aliphatic hydroxyl groups excluding tert-OH is 1. The summed E-state index contributed by atoms with van der Waals surface area (Å²) in [6, 6.07) is 5.35. The molecule has 19 heavy (non-hydrogen) atoms. The number of aliphatic hydroxyl groups is 1. The number of aromatic nitrogens is 1. The molecule has 2 rings (SSSR count). The smallest absolute Gasteiger partial charge is 0.408 e. The third-order valence-electron chi connectivity index (χ3n) is 3.03. The maximum Gasteiger partial charge on any atom is 0.419 e. The molecule has 2 aromatic rings. The first-order valence-corrected chi connectivity index (χ1v) is 5.96.